The van der Waals surface area contributed by atoms with Gasteiger partial charge in [-0.3, -0.25) is 19.3 Å². The molecule has 1 aliphatic heterocycles. The van der Waals surface area contributed by atoms with Crippen molar-refractivity contribution in [2.45, 2.75) is 27.7 Å². The number of benzene rings is 2. The second kappa shape index (κ2) is 10.9. The van der Waals surface area contributed by atoms with E-state index in [1.54, 1.807) is 18.2 Å². The van der Waals surface area contributed by atoms with Crippen molar-refractivity contribution in [2.24, 2.45) is 0 Å². The van der Waals surface area contributed by atoms with Gasteiger partial charge in [0.2, 0.25) is 5.91 Å². The minimum Gasteiger partial charge on any atom is -0.490 e. The molecule has 0 saturated carbocycles. The summed E-state index contributed by atoms with van der Waals surface area (Å²) in [6, 6.07) is 9.23. The minimum absolute atomic E-state index is 0.234. The van der Waals surface area contributed by atoms with Gasteiger partial charge in [-0.25, -0.2) is 0 Å². The van der Waals surface area contributed by atoms with Crippen molar-refractivity contribution < 1.29 is 23.9 Å². The van der Waals surface area contributed by atoms with Crippen LogP contribution in [0.3, 0.4) is 0 Å². The molecule has 0 radical (unpaired) electrons. The van der Waals surface area contributed by atoms with Gasteiger partial charge in [-0.05, 0) is 96.4 Å². The van der Waals surface area contributed by atoms with E-state index in [0.717, 1.165) is 27.8 Å². The highest BCUT2D eigenvalue weighted by Gasteiger charge is 2.36. The molecule has 3 rings (SSSR count). The highest BCUT2D eigenvalue weighted by Crippen LogP contribution is 2.39. The number of amides is 3. The lowest BCUT2D eigenvalue weighted by atomic mass is 10.1. The fourth-order valence-corrected chi connectivity index (χ4v) is 4.62. The number of thioether (sulfide) groups is 1. The standard InChI is InChI=1S/C24H25BrN2O5S/c1-5-31-19-11-16(10-17(25)22(19)32-6-2)12-20-23(29)27(24(30)33-20)13-21(28)26-18-9-14(3)7-8-15(18)4/h7-12H,5-6,13H2,1-4H3,(H,26,28)/b20-12+. The van der Waals surface area contributed by atoms with Crippen molar-refractivity contribution in [3.05, 3.63) is 56.4 Å². The van der Waals surface area contributed by atoms with Gasteiger partial charge in [-0.1, -0.05) is 12.1 Å². The maximum absolute atomic E-state index is 12.9. The topological polar surface area (TPSA) is 84.9 Å². The molecule has 1 N–H and O–H groups in total. The Hall–Kier alpha value is -2.78. The van der Waals surface area contributed by atoms with E-state index in [1.165, 1.54) is 0 Å². The molecule has 0 atom stereocenters. The Kier molecular flexibility index (Phi) is 8.20. The molecule has 1 heterocycles. The molecule has 3 amide bonds. The van der Waals surface area contributed by atoms with Crippen molar-refractivity contribution in [1.29, 1.82) is 0 Å². The van der Waals surface area contributed by atoms with Crippen LogP contribution in [0.4, 0.5) is 10.5 Å². The van der Waals surface area contributed by atoms with Crippen LogP contribution >= 0.6 is 27.7 Å². The van der Waals surface area contributed by atoms with Crippen LogP contribution in [0.5, 0.6) is 11.5 Å². The predicted octanol–water partition coefficient (Wildman–Crippen LogP) is 5.54. The molecule has 0 aliphatic carbocycles. The lowest BCUT2D eigenvalue weighted by Crippen LogP contribution is -2.36. The summed E-state index contributed by atoms with van der Waals surface area (Å²) in [6.07, 6.45) is 1.61. The Balaban J connectivity index is 1.78. The highest BCUT2D eigenvalue weighted by atomic mass is 79.9. The van der Waals surface area contributed by atoms with E-state index >= 15 is 0 Å². The number of ether oxygens (including phenoxy) is 2. The molecular weight excluding hydrogens is 508 g/mol. The Morgan fingerprint density at radius 1 is 1.12 bits per heavy atom. The summed E-state index contributed by atoms with van der Waals surface area (Å²) in [5.41, 5.74) is 3.22. The number of halogens is 1. The van der Waals surface area contributed by atoms with Crippen LogP contribution in [0.25, 0.3) is 6.08 Å². The van der Waals surface area contributed by atoms with E-state index in [1.807, 2.05) is 45.9 Å². The van der Waals surface area contributed by atoms with E-state index < -0.39 is 17.1 Å². The number of hydrogen-bond donors (Lipinski definition) is 1. The SMILES string of the molecule is CCOc1cc(/C=C2/SC(=O)N(CC(=O)Nc3cc(C)ccc3C)C2=O)cc(Br)c1OCC. The van der Waals surface area contributed by atoms with Gasteiger partial charge < -0.3 is 14.8 Å². The average Bonchev–Trinajstić information content (AvgIpc) is 3.00. The van der Waals surface area contributed by atoms with Crippen LogP contribution in [0.2, 0.25) is 0 Å². The summed E-state index contributed by atoms with van der Waals surface area (Å²) in [4.78, 5) is 39.0. The second-order valence-electron chi connectivity index (χ2n) is 7.33. The minimum atomic E-state index is -0.510. The highest BCUT2D eigenvalue weighted by molar-refractivity contribution is 9.10. The lowest BCUT2D eigenvalue weighted by molar-refractivity contribution is -0.127. The second-order valence-corrected chi connectivity index (χ2v) is 9.18. The number of carbonyl (C=O) groups is 3. The first kappa shape index (κ1) is 24.9. The number of imide groups is 1. The Bertz CT molecular complexity index is 1130. The summed E-state index contributed by atoms with van der Waals surface area (Å²) in [5.74, 6) is 0.165. The van der Waals surface area contributed by atoms with Crippen LogP contribution < -0.4 is 14.8 Å². The first-order valence-electron chi connectivity index (χ1n) is 10.4. The number of hydrogen-bond acceptors (Lipinski definition) is 6. The third-order valence-corrected chi connectivity index (χ3v) is 6.26. The number of carbonyl (C=O) groups excluding carboxylic acids is 3. The molecule has 0 bridgehead atoms. The van der Waals surface area contributed by atoms with Crippen LogP contribution in [-0.4, -0.2) is 41.7 Å². The van der Waals surface area contributed by atoms with Gasteiger partial charge in [-0.2, -0.15) is 0 Å². The predicted molar refractivity (Wildman–Crippen MR) is 134 cm³/mol. The summed E-state index contributed by atoms with van der Waals surface area (Å²) in [6.45, 7) is 8.11. The quantitative estimate of drug-likeness (QED) is 0.449. The molecule has 0 aromatic heterocycles. The normalized spacial score (nSPS) is 14.7. The van der Waals surface area contributed by atoms with Gasteiger partial charge in [0.25, 0.3) is 11.1 Å². The van der Waals surface area contributed by atoms with Crippen LogP contribution in [0, 0.1) is 13.8 Å². The Morgan fingerprint density at radius 2 is 1.85 bits per heavy atom. The van der Waals surface area contributed by atoms with E-state index in [0.29, 0.717) is 40.4 Å². The van der Waals surface area contributed by atoms with Crippen molar-refractivity contribution in [3.63, 3.8) is 0 Å². The first-order valence-corrected chi connectivity index (χ1v) is 12.1. The van der Waals surface area contributed by atoms with Crippen LogP contribution in [0.15, 0.2) is 39.7 Å². The molecule has 0 unspecified atom stereocenters. The van der Waals surface area contributed by atoms with Crippen molar-refractivity contribution >= 4 is 56.5 Å². The number of nitrogens with zero attached hydrogens (tertiary/aromatic N) is 1. The molecule has 7 nitrogen and oxygen atoms in total. The van der Waals surface area contributed by atoms with Gasteiger partial charge in [0.15, 0.2) is 11.5 Å². The monoisotopic (exact) mass is 532 g/mol. The number of rotatable bonds is 8. The molecule has 1 fully saturated rings. The Morgan fingerprint density at radius 3 is 2.55 bits per heavy atom. The van der Waals surface area contributed by atoms with Crippen molar-refractivity contribution in [2.75, 3.05) is 25.1 Å². The zero-order chi connectivity index (χ0) is 24.1. The first-order chi connectivity index (χ1) is 15.7. The van der Waals surface area contributed by atoms with E-state index in [-0.39, 0.29) is 11.4 Å². The zero-order valence-electron chi connectivity index (χ0n) is 18.9. The van der Waals surface area contributed by atoms with Gasteiger partial charge >= 0.3 is 0 Å². The van der Waals surface area contributed by atoms with E-state index in [9.17, 15) is 14.4 Å². The molecular formula is C24H25BrN2O5S. The third kappa shape index (κ3) is 5.97. The molecule has 1 saturated heterocycles. The fraction of sp³-hybridized carbons (Fsp3) is 0.292. The number of anilines is 1. The molecule has 2 aromatic carbocycles. The number of aryl methyl sites for hydroxylation is 2. The summed E-state index contributed by atoms with van der Waals surface area (Å²) < 4.78 is 12.0. The zero-order valence-corrected chi connectivity index (χ0v) is 21.3. The molecule has 0 spiro atoms. The smallest absolute Gasteiger partial charge is 0.294 e. The summed E-state index contributed by atoms with van der Waals surface area (Å²) >= 11 is 4.28. The largest absolute Gasteiger partial charge is 0.490 e. The van der Waals surface area contributed by atoms with Gasteiger partial charge in [0.05, 0.1) is 22.6 Å². The third-order valence-electron chi connectivity index (χ3n) is 4.76. The fourth-order valence-electron chi connectivity index (χ4n) is 3.21. The maximum atomic E-state index is 12.9. The van der Waals surface area contributed by atoms with Crippen molar-refractivity contribution in [3.8, 4) is 11.5 Å². The molecule has 1 aliphatic rings. The molecule has 2 aromatic rings. The Labute approximate surface area is 205 Å². The summed E-state index contributed by atoms with van der Waals surface area (Å²) in [7, 11) is 0. The van der Waals surface area contributed by atoms with Gasteiger partial charge in [0.1, 0.15) is 6.54 Å². The maximum Gasteiger partial charge on any atom is 0.294 e. The van der Waals surface area contributed by atoms with Gasteiger partial charge in [-0.15, -0.1) is 0 Å². The average molecular weight is 533 g/mol. The van der Waals surface area contributed by atoms with E-state index in [2.05, 4.69) is 21.2 Å². The van der Waals surface area contributed by atoms with E-state index in [4.69, 9.17) is 9.47 Å². The van der Waals surface area contributed by atoms with Gasteiger partial charge in [0, 0.05) is 5.69 Å². The number of nitrogens with one attached hydrogen (secondary N) is 1. The van der Waals surface area contributed by atoms with Crippen LogP contribution in [0.1, 0.15) is 30.5 Å². The summed E-state index contributed by atoms with van der Waals surface area (Å²) in [5, 5.41) is 2.29. The molecule has 174 valence electrons. The van der Waals surface area contributed by atoms with Crippen LogP contribution in [-0.2, 0) is 9.59 Å². The van der Waals surface area contributed by atoms with Crippen molar-refractivity contribution in [1.82, 2.24) is 4.90 Å². The molecule has 33 heavy (non-hydrogen) atoms. The lowest BCUT2D eigenvalue weighted by Gasteiger charge is -2.14. The molecule has 9 heteroatoms.